The first kappa shape index (κ1) is 14.7. The molecule has 0 fully saturated rings. The van der Waals surface area contributed by atoms with E-state index in [0.29, 0.717) is 0 Å². The van der Waals surface area contributed by atoms with Gasteiger partial charge in [-0.05, 0) is 42.3 Å². The zero-order valence-corrected chi connectivity index (χ0v) is 11.8. The van der Waals surface area contributed by atoms with Gasteiger partial charge in [-0.3, -0.25) is 0 Å². The Bertz CT molecular complexity index is 564. The van der Waals surface area contributed by atoms with Gasteiger partial charge < -0.3 is 5.32 Å². The minimum Gasteiger partial charge on any atom is -0.309 e. The normalized spacial score (nSPS) is 12.4. The van der Waals surface area contributed by atoms with Gasteiger partial charge >= 0.3 is 0 Å². The highest BCUT2D eigenvalue weighted by Crippen LogP contribution is 2.23. The van der Waals surface area contributed by atoms with Crippen molar-refractivity contribution in [2.75, 3.05) is 7.05 Å². The molecule has 2 rings (SSSR count). The van der Waals surface area contributed by atoms with Gasteiger partial charge in [0, 0.05) is 0 Å². The second-order valence-corrected chi connectivity index (χ2v) is 4.89. The van der Waals surface area contributed by atoms with E-state index in [1.165, 1.54) is 17.7 Å². The average Bonchev–Trinajstić information content (AvgIpc) is 2.46. The minimum absolute atomic E-state index is 0.138. The molecule has 1 atom stereocenters. The molecule has 0 heterocycles. The first-order valence-electron chi connectivity index (χ1n) is 6.86. The topological polar surface area (TPSA) is 12.0 Å². The van der Waals surface area contributed by atoms with E-state index in [9.17, 15) is 8.78 Å². The summed E-state index contributed by atoms with van der Waals surface area (Å²) in [7, 11) is 1.81. The van der Waals surface area contributed by atoms with Gasteiger partial charge in [-0.2, -0.15) is 0 Å². The summed E-state index contributed by atoms with van der Waals surface area (Å²) in [6.07, 6.45) is 2.16. The van der Waals surface area contributed by atoms with Gasteiger partial charge in [0.25, 0.3) is 0 Å². The molecule has 3 heteroatoms. The van der Waals surface area contributed by atoms with E-state index in [-0.39, 0.29) is 6.04 Å². The van der Waals surface area contributed by atoms with Crippen molar-refractivity contribution in [1.29, 1.82) is 0 Å². The molecular formula is C17H19F2N. The van der Waals surface area contributed by atoms with Gasteiger partial charge in [-0.15, -0.1) is 0 Å². The van der Waals surface area contributed by atoms with E-state index < -0.39 is 11.6 Å². The molecular weight excluding hydrogens is 256 g/mol. The number of hydrogen-bond acceptors (Lipinski definition) is 1. The molecule has 0 bridgehead atoms. The minimum atomic E-state index is -0.818. The van der Waals surface area contributed by atoms with Gasteiger partial charge in [0.2, 0.25) is 0 Å². The van der Waals surface area contributed by atoms with Crippen molar-refractivity contribution in [2.24, 2.45) is 0 Å². The van der Waals surface area contributed by atoms with Crippen LogP contribution < -0.4 is 5.32 Å². The Morgan fingerprint density at radius 1 is 0.950 bits per heavy atom. The number of benzene rings is 2. The van der Waals surface area contributed by atoms with Gasteiger partial charge in [-0.1, -0.05) is 43.7 Å². The van der Waals surface area contributed by atoms with Crippen molar-refractivity contribution in [3.63, 3.8) is 0 Å². The van der Waals surface area contributed by atoms with Crippen LogP contribution in [-0.4, -0.2) is 7.05 Å². The quantitative estimate of drug-likeness (QED) is 0.861. The standard InChI is InChI=1S/C17H19F2N/c1-3-4-12-5-7-13(8-6-12)17(20-2)14-9-10-15(18)16(19)11-14/h5-11,17,20H,3-4H2,1-2H3. The predicted octanol–water partition coefficient (Wildman–Crippen LogP) is 4.23. The van der Waals surface area contributed by atoms with Gasteiger partial charge in [0.1, 0.15) is 0 Å². The molecule has 106 valence electrons. The van der Waals surface area contributed by atoms with Gasteiger partial charge in [0.15, 0.2) is 11.6 Å². The Balaban J connectivity index is 2.29. The second kappa shape index (κ2) is 6.62. The largest absolute Gasteiger partial charge is 0.309 e. The molecule has 0 aliphatic heterocycles. The van der Waals surface area contributed by atoms with Crippen molar-refractivity contribution in [2.45, 2.75) is 25.8 Å². The van der Waals surface area contributed by atoms with E-state index >= 15 is 0 Å². The highest BCUT2D eigenvalue weighted by Gasteiger charge is 2.14. The molecule has 1 unspecified atom stereocenters. The lowest BCUT2D eigenvalue weighted by atomic mass is 9.97. The van der Waals surface area contributed by atoms with Crippen LogP contribution >= 0.6 is 0 Å². The number of rotatable bonds is 5. The van der Waals surface area contributed by atoms with E-state index in [0.717, 1.165) is 24.0 Å². The summed E-state index contributed by atoms with van der Waals surface area (Å²) >= 11 is 0. The van der Waals surface area contributed by atoms with Crippen LogP contribution in [0.4, 0.5) is 8.78 Å². The number of hydrogen-bond donors (Lipinski definition) is 1. The monoisotopic (exact) mass is 275 g/mol. The lowest BCUT2D eigenvalue weighted by Gasteiger charge is -2.18. The Morgan fingerprint density at radius 2 is 1.60 bits per heavy atom. The zero-order valence-electron chi connectivity index (χ0n) is 11.8. The number of nitrogens with one attached hydrogen (secondary N) is 1. The maximum absolute atomic E-state index is 13.4. The molecule has 0 amide bonds. The Labute approximate surface area is 118 Å². The smallest absolute Gasteiger partial charge is 0.159 e. The average molecular weight is 275 g/mol. The predicted molar refractivity (Wildman–Crippen MR) is 77.7 cm³/mol. The van der Waals surface area contributed by atoms with Crippen LogP contribution in [0.15, 0.2) is 42.5 Å². The third-order valence-corrected chi connectivity index (χ3v) is 3.42. The maximum atomic E-state index is 13.4. The molecule has 20 heavy (non-hydrogen) atoms. The summed E-state index contributed by atoms with van der Waals surface area (Å²) in [6, 6.07) is 12.1. The van der Waals surface area contributed by atoms with Crippen molar-refractivity contribution < 1.29 is 8.78 Å². The van der Waals surface area contributed by atoms with Crippen molar-refractivity contribution in [3.8, 4) is 0 Å². The SMILES string of the molecule is CCCc1ccc(C(NC)c2ccc(F)c(F)c2)cc1. The van der Waals surface area contributed by atoms with E-state index in [2.05, 4.69) is 24.4 Å². The number of halogens is 2. The maximum Gasteiger partial charge on any atom is 0.159 e. The molecule has 1 N–H and O–H groups in total. The summed E-state index contributed by atoms with van der Waals surface area (Å²) < 4.78 is 26.4. The molecule has 0 aliphatic carbocycles. The van der Waals surface area contributed by atoms with Crippen LogP contribution in [0.25, 0.3) is 0 Å². The molecule has 2 aromatic rings. The van der Waals surface area contributed by atoms with Crippen LogP contribution in [0.5, 0.6) is 0 Å². The highest BCUT2D eigenvalue weighted by molar-refractivity contribution is 5.34. The molecule has 0 aliphatic rings. The third kappa shape index (κ3) is 3.23. The molecule has 0 radical (unpaired) electrons. The van der Waals surface area contributed by atoms with Gasteiger partial charge in [0.05, 0.1) is 6.04 Å². The first-order valence-corrected chi connectivity index (χ1v) is 6.86. The number of aryl methyl sites for hydroxylation is 1. The molecule has 1 nitrogen and oxygen atoms in total. The highest BCUT2D eigenvalue weighted by atomic mass is 19.2. The summed E-state index contributed by atoms with van der Waals surface area (Å²) in [4.78, 5) is 0. The summed E-state index contributed by atoms with van der Waals surface area (Å²) in [5.74, 6) is -1.63. The summed E-state index contributed by atoms with van der Waals surface area (Å²) in [6.45, 7) is 2.14. The van der Waals surface area contributed by atoms with Crippen LogP contribution in [0.1, 0.15) is 36.1 Å². The van der Waals surface area contributed by atoms with Crippen LogP contribution in [0.2, 0.25) is 0 Å². The van der Waals surface area contributed by atoms with Crippen molar-refractivity contribution in [3.05, 3.63) is 70.8 Å². The summed E-state index contributed by atoms with van der Waals surface area (Å²) in [5, 5.41) is 3.14. The fourth-order valence-electron chi connectivity index (χ4n) is 2.38. The fourth-order valence-corrected chi connectivity index (χ4v) is 2.38. The van der Waals surface area contributed by atoms with Crippen LogP contribution in [-0.2, 0) is 6.42 Å². The van der Waals surface area contributed by atoms with E-state index in [1.54, 1.807) is 6.07 Å². The molecule has 0 saturated carbocycles. The zero-order chi connectivity index (χ0) is 14.5. The van der Waals surface area contributed by atoms with E-state index in [1.807, 2.05) is 19.2 Å². The fraction of sp³-hybridized carbons (Fsp3) is 0.294. The molecule has 2 aromatic carbocycles. The Morgan fingerprint density at radius 3 is 2.15 bits per heavy atom. The Hall–Kier alpha value is -1.74. The first-order chi connectivity index (χ1) is 9.65. The van der Waals surface area contributed by atoms with Crippen molar-refractivity contribution >= 4 is 0 Å². The third-order valence-electron chi connectivity index (χ3n) is 3.42. The van der Waals surface area contributed by atoms with Crippen LogP contribution in [0.3, 0.4) is 0 Å². The molecule has 0 saturated heterocycles. The Kier molecular flexibility index (Phi) is 4.85. The lowest BCUT2D eigenvalue weighted by Crippen LogP contribution is -2.18. The molecule has 0 spiro atoms. The van der Waals surface area contributed by atoms with Crippen molar-refractivity contribution in [1.82, 2.24) is 5.32 Å². The molecule has 0 aromatic heterocycles. The van der Waals surface area contributed by atoms with E-state index in [4.69, 9.17) is 0 Å². The lowest BCUT2D eigenvalue weighted by molar-refractivity contribution is 0.505. The summed E-state index contributed by atoms with van der Waals surface area (Å²) in [5.41, 5.74) is 3.05. The van der Waals surface area contributed by atoms with Crippen LogP contribution in [0, 0.1) is 11.6 Å². The van der Waals surface area contributed by atoms with Gasteiger partial charge in [-0.25, -0.2) is 8.78 Å². The second-order valence-electron chi connectivity index (χ2n) is 4.89.